The molecular formula is C26H40N6O4. The Morgan fingerprint density at radius 1 is 1.14 bits per heavy atom. The number of nitriles is 1. The van der Waals surface area contributed by atoms with Crippen LogP contribution >= 0.6 is 0 Å². The molecule has 3 rings (SSSR count). The first-order chi connectivity index (χ1) is 17.4. The Bertz CT molecular complexity index is 890. The van der Waals surface area contributed by atoms with Crippen LogP contribution in [0.3, 0.4) is 0 Å². The molecule has 2 aliphatic rings. The lowest BCUT2D eigenvalue weighted by molar-refractivity contribution is -0.188. The Morgan fingerprint density at radius 3 is 2.42 bits per heavy atom. The second-order valence-electron chi connectivity index (χ2n) is 8.96. The highest BCUT2D eigenvalue weighted by molar-refractivity contribution is 5.91. The van der Waals surface area contributed by atoms with Crippen molar-refractivity contribution in [1.82, 2.24) is 19.8 Å². The van der Waals surface area contributed by atoms with Gasteiger partial charge in [-0.25, -0.2) is 9.80 Å². The lowest BCUT2D eigenvalue weighted by Gasteiger charge is -2.54. The molecule has 10 nitrogen and oxygen atoms in total. The molecular weight excluding hydrogens is 460 g/mol. The van der Waals surface area contributed by atoms with Crippen LogP contribution < -0.4 is 5.73 Å². The fourth-order valence-electron chi connectivity index (χ4n) is 4.38. The molecule has 0 saturated carbocycles. The summed E-state index contributed by atoms with van der Waals surface area (Å²) in [6.07, 6.45) is 3.51. The minimum absolute atomic E-state index is 0.135. The number of benzene rings is 1. The molecule has 1 aromatic carbocycles. The Kier molecular flexibility index (Phi) is 12.2. The first-order valence-corrected chi connectivity index (χ1v) is 12.8. The molecule has 1 unspecified atom stereocenters. The molecule has 2 fully saturated rings. The molecule has 198 valence electrons. The van der Waals surface area contributed by atoms with E-state index in [-0.39, 0.29) is 31.4 Å². The van der Waals surface area contributed by atoms with Crippen molar-refractivity contribution in [3.05, 3.63) is 35.9 Å². The number of rotatable bonds is 10. The van der Waals surface area contributed by atoms with E-state index in [0.717, 1.165) is 18.4 Å². The van der Waals surface area contributed by atoms with Crippen molar-refractivity contribution in [2.24, 2.45) is 5.73 Å². The SMILES string of the molecule is CCC.CCCCOCCCN1CC2N(C(=O)CN(CC#N)N2C(N)=O)[C@@H](Cc2ccccc2)C1=O. The van der Waals surface area contributed by atoms with Crippen LogP contribution in [0.5, 0.6) is 0 Å². The van der Waals surface area contributed by atoms with Gasteiger partial charge in [0, 0.05) is 26.2 Å². The summed E-state index contributed by atoms with van der Waals surface area (Å²) in [5.74, 6) is -0.459. The maximum Gasteiger partial charge on any atom is 0.331 e. The van der Waals surface area contributed by atoms with Crippen molar-refractivity contribution in [2.75, 3.05) is 39.4 Å². The molecule has 2 heterocycles. The van der Waals surface area contributed by atoms with Gasteiger partial charge in [0.15, 0.2) is 0 Å². The highest BCUT2D eigenvalue weighted by Crippen LogP contribution is 2.28. The van der Waals surface area contributed by atoms with E-state index < -0.39 is 18.2 Å². The second kappa shape index (κ2) is 15.1. The standard InChI is InChI=1S/C23H32N6O4.C3H8/c1-2-3-13-33-14-7-11-26-16-20-28(19(22(26)31)15-18-8-5-4-6-9-18)21(30)17-27(12-10-24)29(20)23(25)32;1-3-2/h4-6,8-9,19-20H,2-3,7,11-17H2,1H3,(H2,25,32);3H2,1-2H3/t19-,20?;/m0./s1. The van der Waals surface area contributed by atoms with E-state index in [1.165, 1.54) is 21.3 Å². The Hall–Kier alpha value is -3.16. The van der Waals surface area contributed by atoms with Crippen LogP contribution in [0.2, 0.25) is 0 Å². The molecule has 0 aromatic heterocycles. The fraction of sp³-hybridized carbons (Fsp3) is 0.615. The molecule has 4 amide bonds. The zero-order chi connectivity index (χ0) is 26.5. The number of carbonyl (C=O) groups is 3. The number of nitrogens with two attached hydrogens (primary N) is 1. The van der Waals surface area contributed by atoms with Gasteiger partial charge in [-0.3, -0.25) is 9.59 Å². The monoisotopic (exact) mass is 500 g/mol. The third-order valence-corrected chi connectivity index (χ3v) is 5.94. The summed E-state index contributed by atoms with van der Waals surface area (Å²) in [7, 11) is 0. The lowest BCUT2D eigenvalue weighted by atomic mass is 9.98. The van der Waals surface area contributed by atoms with E-state index >= 15 is 0 Å². The van der Waals surface area contributed by atoms with Gasteiger partial charge in [0.25, 0.3) is 0 Å². The summed E-state index contributed by atoms with van der Waals surface area (Å²) in [5, 5.41) is 11.8. The van der Waals surface area contributed by atoms with Gasteiger partial charge in [-0.2, -0.15) is 10.3 Å². The van der Waals surface area contributed by atoms with Crippen LogP contribution in [-0.2, 0) is 20.7 Å². The van der Waals surface area contributed by atoms with Crippen LogP contribution in [-0.4, -0.2) is 89.3 Å². The summed E-state index contributed by atoms with van der Waals surface area (Å²) in [5.41, 5.74) is 6.58. The molecule has 10 heteroatoms. The normalized spacial score (nSPS) is 19.9. The van der Waals surface area contributed by atoms with E-state index in [1.807, 2.05) is 36.4 Å². The van der Waals surface area contributed by atoms with Crippen molar-refractivity contribution < 1.29 is 19.1 Å². The van der Waals surface area contributed by atoms with Crippen LogP contribution in [0.1, 0.15) is 52.0 Å². The zero-order valence-corrected chi connectivity index (χ0v) is 21.8. The van der Waals surface area contributed by atoms with Crippen molar-refractivity contribution in [2.45, 2.75) is 65.1 Å². The highest BCUT2D eigenvalue weighted by atomic mass is 16.5. The van der Waals surface area contributed by atoms with Gasteiger partial charge < -0.3 is 20.3 Å². The quantitative estimate of drug-likeness (QED) is 0.389. The number of fused-ring (bicyclic) bond motifs is 1. The molecule has 2 atom stereocenters. The molecule has 2 aliphatic heterocycles. The number of hydrazine groups is 1. The molecule has 2 N–H and O–H groups in total. The maximum atomic E-state index is 13.5. The number of hydrogen-bond donors (Lipinski definition) is 1. The first-order valence-electron chi connectivity index (χ1n) is 12.8. The number of piperazine rings is 1. The molecule has 36 heavy (non-hydrogen) atoms. The molecule has 1 aromatic rings. The van der Waals surface area contributed by atoms with Gasteiger partial charge in [-0.1, -0.05) is 63.9 Å². The lowest BCUT2D eigenvalue weighted by Crippen LogP contribution is -2.76. The van der Waals surface area contributed by atoms with Gasteiger partial charge in [-0.05, 0) is 18.4 Å². The Balaban J connectivity index is 0.00000145. The number of carbonyl (C=O) groups excluding carboxylic acids is 3. The van der Waals surface area contributed by atoms with Gasteiger partial charge in [-0.15, -0.1) is 0 Å². The molecule has 0 aliphatic carbocycles. The fourth-order valence-corrected chi connectivity index (χ4v) is 4.38. The van der Waals surface area contributed by atoms with Gasteiger partial charge in [0.1, 0.15) is 18.8 Å². The number of ether oxygens (including phenoxy) is 1. The smallest absolute Gasteiger partial charge is 0.331 e. The predicted molar refractivity (Wildman–Crippen MR) is 136 cm³/mol. The van der Waals surface area contributed by atoms with Crippen LogP contribution in [0.15, 0.2) is 30.3 Å². The number of urea groups is 1. The van der Waals surface area contributed by atoms with Crippen molar-refractivity contribution >= 4 is 17.8 Å². The van der Waals surface area contributed by atoms with Gasteiger partial charge >= 0.3 is 6.03 Å². The van der Waals surface area contributed by atoms with E-state index in [0.29, 0.717) is 32.6 Å². The minimum Gasteiger partial charge on any atom is -0.381 e. The number of unbranched alkanes of at least 4 members (excludes halogenated alkanes) is 1. The summed E-state index contributed by atoms with van der Waals surface area (Å²) in [6.45, 7) is 7.80. The molecule has 0 spiro atoms. The second-order valence-corrected chi connectivity index (χ2v) is 8.96. The molecule has 0 radical (unpaired) electrons. The molecule has 0 bridgehead atoms. The zero-order valence-electron chi connectivity index (χ0n) is 21.8. The number of amides is 4. The average Bonchev–Trinajstić information content (AvgIpc) is 2.84. The van der Waals surface area contributed by atoms with Crippen LogP contribution in [0, 0.1) is 11.3 Å². The van der Waals surface area contributed by atoms with Crippen molar-refractivity contribution in [3.63, 3.8) is 0 Å². The van der Waals surface area contributed by atoms with Gasteiger partial charge in [0.2, 0.25) is 11.8 Å². The van der Waals surface area contributed by atoms with Crippen LogP contribution in [0.4, 0.5) is 4.79 Å². The Morgan fingerprint density at radius 2 is 1.81 bits per heavy atom. The summed E-state index contributed by atoms with van der Waals surface area (Å²) < 4.78 is 5.62. The van der Waals surface area contributed by atoms with E-state index in [9.17, 15) is 19.6 Å². The summed E-state index contributed by atoms with van der Waals surface area (Å²) >= 11 is 0. The molecule has 2 saturated heterocycles. The van der Waals surface area contributed by atoms with E-state index in [1.54, 1.807) is 4.90 Å². The highest BCUT2D eigenvalue weighted by Gasteiger charge is 2.50. The topological polar surface area (TPSA) is 123 Å². The third-order valence-electron chi connectivity index (χ3n) is 5.94. The number of nitrogens with zero attached hydrogens (tertiary/aromatic N) is 5. The van der Waals surface area contributed by atoms with Crippen molar-refractivity contribution in [3.8, 4) is 6.07 Å². The maximum absolute atomic E-state index is 13.5. The summed E-state index contributed by atoms with van der Waals surface area (Å²) in [6, 6.07) is 9.93. The van der Waals surface area contributed by atoms with Crippen molar-refractivity contribution in [1.29, 1.82) is 5.26 Å². The predicted octanol–water partition coefficient (Wildman–Crippen LogP) is 2.35. The summed E-state index contributed by atoms with van der Waals surface area (Å²) in [4.78, 5) is 42.1. The Labute approximate surface area is 214 Å². The average molecular weight is 501 g/mol. The first kappa shape index (κ1) is 29.1. The van der Waals surface area contributed by atoms with Crippen LogP contribution in [0.25, 0.3) is 0 Å². The van der Waals surface area contributed by atoms with E-state index in [2.05, 4.69) is 20.8 Å². The number of primary amides is 1. The largest absolute Gasteiger partial charge is 0.381 e. The minimum atomic E-state index is -0.761. The number of hydrogen-bond acceptors (Lipinski definition) is 6. The van der Waals surface area contributed by atoms with Gasteiger partial charge in [0.05, 0.1) is 19.2 Å². The van der Waals surface area contributed by atoms with E-state index in [4.69, 9.17) is 10.5 Å². The third kappa shape index (κ3) is 7.67.